The molecule has 0 unspecified atom stereocenters. The maximum absolute atomic E-state index is 13.1. The maximum Gasteiger partial charge on any atom is 0.214 e. The first-order valence-corrected chi connectivity index (χ1v) is 6.44. The fourth-order valence-corrected chi connectivity index (χ4v) is 2.94. The van der Waals surface area contributed by atoms with E-state index in [1.807, 2.05) is 6.07 Å². The van der Waals surface area contributed by atoms with Crippen LogP contribution in [0.4, 0.5) is 10.2 Å². The SMILES string of the molecule is Fc1cccc(N2CCN3CCCC[C@H]3C2)n1. The molecule has 0 radical (unpaired) electrons. The molecule has 0 amide bonds. The number of hydrogen-bond donors (Lipinski definition) is 0. The average Bonchev–Trinajstić information content (AvgIpc) is 2.38. The molecule has 2 aliphatic heterocycles. The Bertz CT molecular complexity index is 396. The molecule has 0 N–H and O–H groups in total. The number of hydrogen-bond acceptors (Lipinski definition) is 3. The molecule has 3 heterocycles. The molecule has 2 saturated heterocycles. The summed E-state index contributed by atoms with van der Waals surface area (Å²) >= 11 is 0. The predicted molar refractivity (Wildman–Crippen MR) is 65.6 cm³/mol. The standard InChI is InChI=1S/C13H18FN3/c14-12-5-3-6-13(15-12)17-9-8-16-7-2-1-4-11(16)10-17/h3,5-6,11H,1-2,4,7-10H2/t11-/m0/s1. The normalized spacial score (nSPS) is 25.7. The maximum atomic E-state index is 13.1. The lowest BCUT2D eigenvalue weighted by molar-refractivity contribution is 0.133. The quantitative estimate of drug-likeness (QED) is 0.693. The summed E-state index contributed by atoms with van der Waals surface area (Å²) in [6, 6.07) is 5.69. The van der Waals surface area contributed by atoms with Gasteiger partial charge in [-0.3, -0.25) is 4.90 Å². The molecule has 0 aliphatic carbocycles. The molecule has 0 bridgehead atoms. The molecule has 92 valence electrons. The van der Waals surface area contributed by atoms with Crippen LogP contribution in [0.15, 0.2) is 18.2 Å². The van der Waals surface area contributed by atoms with E-state index in [0.29, 0.717) is 6.04 Å². The summed E-state index contributed by atoms with van der Waals surface area (Å²) in [5.41, 5.74) is 0. The largest absolute Gasteiger partial charge is 0.354 e. The Morgan fingerprint density at radius 1 is 1.18 bits per heavy atom. The highest BCUT2D eigenvalue weighted by atomic mass is 19.1. The van der Waals surface area contributed by atoms with Crippen LogP contribution in [0.2, 0.25) is 0 Å². The first-order chi connectivity index (χ1) is 8.33. The Morgan fingerprint density at radius 2 is 2.12 bits per heavy atom. The summed E-state index contributed by atoms with van der Waals surface area (Å²) in [6.07, 6.45) is 3.92. The van der Waals surface area contributed by atoms with Gasteiger partial charge in [0, 0.05) is 25.7 Å². The lowest BCUT2D eigenvalue weighted by atomic mass is 9.99. The molecule has 0 spiro atoms. The van der Waals surface area contributed by atoms with E-state index in [2.05, 4.69) is 14.8 Å². The van der Waals surface area contributed by atoms with Crippen LogP contribution in [0, 0.1) is 5.95 Å². The van der Waals surface area contributed by atoms with Crippen LogP contribution in [-0.4, -0.2) is 42.1 Å². The van der Waals surface area contributed by atoms with Crippen molar-refractivity contribution in [2.75, 3.05) is 31.1 Å². The van der Waals surface area contributed by atoms with E-state index in [1.165, 1.54) is 31.9 Å². The van der Waals surface area contributed by atoms with Crippen molar-refractivity contribution in [3.05, 3.63) is 24.1 Å². The molecule has 3 nitrogen and oxygen atoms in total. The van der Waals surface area contributed by atoms with Gasteiger partial charge in [-0.15, -0.1) is 0 Å². The number of rotatable bonds is 1. The number of pyridine rings is 1. The fourth-order valence-electron chi connectivity index (χ4n) is 2.94. The number of nitrogens with zero attached hydrogens (tertiary/aromatic N) is 3. The van der Waals surface area contributed by atoms with E-state index in [0.717, 1.165) is 25.5 Å². The van der Waals surface area contributed by atoms with Crippen molar-refractivity contribution in [1.82, 2.24) is 9.88 Å². The third kappa shape index (κ3) is 2.27. The van der Waals surface area contributed by atoms with Crippen molar-refractivity contribution >= 4 is 5.82 Å². The van der Waals surface area contributed by atoms with Crippen LogP contribution in [0.1, 0.15) is 19.3 Å². The van der Waals surface area contributed by atoms with E-state index in [1.54, 1.807) is 6.07 Å². The minimum Gasteiger partial charge on any atom is -0.354 e. The van der Waals surface area contributed by atoms with Crippen LogP contribution in [0.5, 0.6) is 0 Å². The first-order valence-electron chi connectivity index (χ1n) is 6.44. The number of piperazine rings is 1. The molecule has 0 aromatic carbocycles. The topological polar surface area (TPSA) is 19.4 Å². The minimum atomic E-state index is -0.381. The highest BCUT2D eigenvalue weighted by Crippen LogP contribution is 2.23. The van der Waals surface area contributed by atoms with Gasteiger partial charge in [0.2, 0.25) is 5.95 Å². The zero-order valence-corrected chi connectivity index (χ0v) is 9.98. The fraction of sp³-hybridized carbons (Fsp3) is 0.615. The van der Waals surface area contributed by atoms with Crippen LogP contribution >= 0.6 is 0 Å². The second kappa shape index (κ2) is 4.61. The van der Waals surface area contributed by atoms with Gasteiger partial charge >= 0.3 is 0 Å². The average molecular weight is 235 g/mol. The Labute approximate surface area is 101 Å². The molecule has 2 fully saturated rings. The number of anilines is 1. The molecule has 4 heteroatoms. The van der Waals surface area contributed by atoms with Crippen LogP contribution in [0.3, 0.4) is 0 Å². The first kappa shape index (κ1) is 11.0. The number of halogens is 1. The van der Waals surface area contributed by atoms with E-state index < -0.39 is 0 Å². The molecule has 1 aromatic heterocycles. The Hall–Kier alpha value is -1.16. The third-order valence-corrected chi connectivity index (χ3v) is 3.86. The van der Waals surface area contributed by atoms with E-state index in [4.69, 9.17) is 0 Å². The summed E-state index contributed by atoms with van der Waals surface area (Å²) in [5.74, 6) is 0.406. The van der Waals surface area contributed by atoms with Gasteiger partial charge < -0.3 is 4.90 Å². The summed E-state index contributed by atoms with van der Waals surface area (Å²) in [7, 11) is 0. The van der Waals surface area contributed by atoms with Gasteiger partial charge in [0.05, 0.1) is 0 Å². The van der Waals surface area contributed by atoms with Crippen molar-refractivity contribution in [3.8, 4) is 0 Å². The van der Waals surface area contributed by atoms with Crippen LogP contribution < -0.4 is 4.90 Å². The van der Waals surface area contributed by atoms with Crippen molar-refractivity contribution in [3.63, 3.8) is 0 Å². The van der Waals surface area contributed by atoms with Gasteiger partial charge in [0.15, 0.2) is 0 Å². The Balaban J connectivity index is 1.73. The molecular weight excluding hydrogens is 217 g/mol. The van der Waals surface area contributed by atoms with Gasteiger partial charge in [-0.2, -0.15) is 4.39 Å². The molecular formula is C13H18FN3. The zero-order chi connectivity index (χ0) is 11.7. The van der Waals surface area contributed by atoms with Crippen molar-refractivity contribution in [2.45, 2.75) is 25.3 Å². The molecule has 17 heavy (non-hydrogen) atoms. The summed E-state index contributed by atoms with van der Waals surface area (Å²) < 4.78 is 13.1. The summed E-state index contributed by atoms with van der Waals surface area (Å²) in [5, 5.41) is 0. The van der Waals surface area contributed by atoms with Gasteiger partial charge in [-0.1, -0.05) is 12.5 Å². The second-order valence-electron chi connectivity index (χ2n) is 4.95. The Kier molecular flexibility index (Phi) is 2.97. The number of fused-ring (bicyclic) bond motifs is 1. The Morgan fingerprint density at radius 3 is 3.00 bits per heavy atom. The van der Waals surface area contributed by atoms with E-state index in [9.17, 15) is 4.39 Å². The number of piperidine rings is 1. The molecule has 0 saturated carbocycles. The van der Waals surface area contributed by atoms with Gasteiger partial charge in [0.1, 0.15) is 5.82 Å². The summed E-state index contributed by atoms with van der Waals surface area (Å²) in [6.45, 7) is 4.28. The predicted octanol–water partition coefficient (Wildman–Crippen LogP) is 1.90. The van der Waals surface area contributed by atoms with E-state index in [-0.39, 0.29) is 5.95 Å². The second-order valence-corrected chi connectivity index (χ2v) is 4.95. The monoisotopic (exact) mass is 235 g/mol. The van der Waals surface area contributed by atoms with Crippen molar-refractivity contribution in [1.29, 1.82) is 0 Å². The van der Waals surface area contributed by atoms with Gasteiger partial charge in [-0.05, 0) is 31.5 Å². The molecule has 1 atom stereocenters. The smallest absolute Gasteiger partial charge is 0.214 e. The lowest BCUT2D eigenvalue weighted by Crippen LogP contribution is -2.55. The number of aromatic nitrogens is 1. The van der Waals surface area contributed by atoms with Gasteiger partial charge in [-0.25, -0.2) is 4.98 Å². The third-order valence-electron chi connectivity index (χ3n) is 3.86. The van der Waals surface area contributed by atoms with Gasteiger partial charge in [0.25, 0.3) is 0 Å². The molecule has 3 rings (SSSR count). The van der Waals surface area contributed by atoms with Crippen molar-refractivity contribution < 1.29 is 4.39 Å². The zero-order valence-electron chi connectivity index (χ0n) is 9.98. The minimum absolute atomic E-state index is 0.381. The lowest BCUT2D eigenvalue weighted by Gasteiger charge is -2.44. The molecule has 1 aromatic rings. The highest BCUT2D eigenvalue weighted by molar-refractivity contribution is 5.39. The molecule has 2 aliphatic rings. The van der Waals surface area contributed by atoms with Crippen molar-refractivity contribution in [2.24, 2.45) is 0 Å². The summed E-state index contributed by atoms with van der Waals surface area (Å²) in [4.78, 5) is 8.76. The van der Waals surface area contributed by atoms with E-state index >= 15 is 0 Å². The highest BCUT2D eigenvalue weighted by Gasteiger charge is 2.29. The van der Waals surface area contributed by atoms with Crippen LogP contribution in [-0.2, 0) is 0 Å². The van der Waals surface area contributed by atoms with Crippen LogP contribution in [0.25, 0.3) is 0 Å².